The Morgan fingerprint density at radius 3 is 2.33 bits per heavy atom. The number of methoxy groups -OCH3 is 1. The second-order valence-corrected chi connectivity index (χ2v) is 7.34. The molecule has 0 saturated carbocycles. The largest absolute Gasteiger partial charge is 0.495 e. The van der Waals surface area contributed by atoms with E-state index < -0.39 is 10.1 Å². The fraction of sp³-hybridized carbons (Fsp3) is 0.471. The third-order valence-corrected chi connectivity index (χ3v) is 4.62. The number of anilines is 1. The van der Waals surface area contributed by atoms with Crippen molar-refractivity contribution in [3.8, 4) is 5.75 Å². The van der Waals surface area contributed by atoms with Crippen molar-refractivity contribution in [1.29, 1.82) is 0 Å². The van der Waals surface area contributed by atoms with Gasteiger partial charge in [-0.2, -0.15) is 8.42 Å². The molecule has 2 rings (SSSR count). The summed E-state index contributed by atoms with van der Waals surface area (Å²) in [6.07, 6.45) is 1.74. The van der Waals surface area contributed by atoms with E-state index in [-0.39, 0.29) is 16.4 Å². The molecule has 0 aliphatic rings. The predicted molar refractivity (Wildman–Crippen MR) is 101 cm³/mol. The number of hydrogen-bond acceptors (Lipinski definition) is 8. The topological polar surface area (TPSA) is 118 Å². The van der Waals surface area contributed by atoms with Gasteiger partial charge >= 0.3 is 0 Å². The molecule has 0 spiro atoms. The van der Waals surface area contributed by atoms with Crippen LogP contribution in [0.15, 0.2) is 37.8 Å². The molecular formula is C17H24N4O5S. The van der Waals surface area contributed by atoms with Gasteiger partial charge in [-0.1, -0.05) is 19.0 Å². The maximum Gasteiger partial charge on any atom is 0.296 e. The number of aromatic nitrogens is 1. The molecule has 0 amide bonds. The maximum atomic E-state index is 11.9. The zero-order valence-corrected chi connectivity index (χ0v) is 16.7. The molecule has 0 bridgehead atoms. The van der Waals surface area contributed by atoms with E-state index >= 15 is 0 Å². The molecule has 9 nitrogen and oxygen atoms in total. The molecule has 10 heteroatoms. The lowest BCUT2D eigenvalue weighted by Crippen LogP contribution is -2.25. The minimum atomic E-state index is -4.52. The first kappa shape index (κ1) is 20.8. The van der Waals surface area contributed by atoms with E-state index in [0.29, 0.717) is 30.3 Å². The van der Waals surface area contributed by atoms with Crippen LogP contribution in [0.4, 0.5) is 17.2 Å². The van der Waals surface area contributed by atoms with E-state index in [4.69, 9.17) is 9.26 Å². The molecule has 27 heavy (non-hydrogen) atoms. The van der Waals surface area contributed by atoms with Gasteiger partial charge in [0.05, 0.1) is 12.8 Å². The predicted octanol–water partition coefficient (Wildman–Crippen LogP) is 4.28. The molecular weight excluding hydrogens is 372 g/mol. The Labute approximate surface area is 158 Å². The lowest BCUT2D eigenvalue weighted by molar-refractivity contribution is 0.399. The number of aryl methyl sites for hydroxylation is 1. The van der Waals surface area contributed by atoms with Crippen LogP contribution >= 0.6 is 0 Å². The summed E-state index contributed by atoms with van der Waals surface area (Å²) in [5.74, 6) is 1.17. The molecule has 0 aliphatic heterocycles. The highest BCUT2D eigenvalue weighted by Crippen LogP contribution is 2.38. The fourth-order valence-electron chi connectivity index (χ4n) is 2.63. The van der Waals surface area contributed by atoms with Crippen LogP contribution in [-0.2, 0) is 10.1 Å². The van der Waals surface area contributed by atoms with Gasteiger partial charge in [0.1, 0.15) is 22.1 Å². The van der Waals surface area contributed by atoms with Crippen molar-refractivity contribution >= 4 is 27.3 Å². The minimum Gasteiger partial charge on any atom is -0.495 e. The monoisotopic (exact) mass is 396 g/mol. The van der Waals surface area contributed by atoms with Crippen LogP contribution in [0.2, 0.25) is 0 Å². The van der Waals surface area contributed by atoms with Gasteiger partial charge in [-0.3, -0.25) is 4.55 Å². The van der Waals surface area contributed by atoms with Crippen LogP contribution in [-0.4, -0.2) is 38.3 Å². The number of benzene rings is 1. The van der Waals surface area contributed by atoms with Gasteiger partial charge < -0.3 is 14.2 Å². The van der Waals surface area contributed by atoms with E-state index in [9.17, 15) is 13.0 Å². The Morgan fingerprint density at radius 2 is 1.85 bits per heavy atom. The zero-order valence-electron chi connectivity index (χ0n) is 15.8. The van der Waals surface area contributed by atoms with E-state index in [0.717, 1.165) is 12.8 Å². The van der Waals surface area contributed by atoms with Crippen molar-refractivity contribution in [2.75, 3.05) is 25.1 Å². The van der Waals surface area contributed by atoms with E-state index in [1.54, 1.807) is 13.0 Å². The highest BCUT2D eigenvalue weighted by molar-refractivity contribution is 7.86. The van der Waals surface area contributed by atoms with Gasteiger partial charge in [0.25, 0.3) is 10.1 Å². The summed E-state index contributed by atoms with van der Waals surface area (Å²) >= 11 is 0. The molecule has 1 heterocycles. The second kappa shape index (κ2) is 8.96. The van der Waals surface area contributed by atoms with E-state index in [2.05, 4.69) is 15.4 Å². The maximum absolute atomic E-state index is 11.9. The summed E-state index contributed by atoms with van der Waals surface area (Å²) in [7, 11) is -3.03. The molecule has 1 aromatic heterocycles. The van der Waals surface area contributed by atoms with Gasteiger partial charge in [-0.15, -0.1) is 10.2 Å². The standard InChI is InChI=1S/C17H24N4O5S/c1-5-7-21(8-6-2)14-11-16(27(22,23)24)13(10-15(14)25-4)18-19-17-9-12(3)26-20-17/h9-11H,5-8H2,1-4H3,(H,22,23,24). The summed E-state index contributed by atoms with van der Waals surface area (Å²) in [6, 6.07) is 4.35. The molecule has 0 fully saturated rings. The Hall–Kier alpha value is -2.46. The molecule has 0 aliphatic carbocycles. The van der Waals surface area contributed by atoms with Crippen LogP contribution in [0.5, 0.6) is 5.75 Å². The van der Waals surface area contributed by atoms with Crippen molar-refractivity contribution in [3.05, 3.63) is 24.0 Å². The van der Waals surface area contributed by atoms with E-state index in [1.165, 1.54) is 19.2 Å². The van der Waals surface area contributed by atoms with Gasteiger partial charge in [0, 0.05) is 25.2 Å². The molecule has 0 atom stereocenters. The average molecular weight is 396 g/mol. The Bertz CT molecular complexity index is 902. The first-order valence-electron chi connectivity index (χ1n) is 8.59. The van der Waals surface area contributed by atoms with E-state index in [1.807, 2.05) is 18.7 Å². The first-order chi connectivity index (χ1) is 12.8. The molecule has 1 N–H and O–H groups in total. The smallest absolute Gasteiger partial charge is 0.296 e. The molecule has 2 aromatic rings. The molecule has 148 valence electrons. The Morgan fingerprint density at radius 1 is 1.19 bits per heavy atom. The van der Waals surface area contributed by atoms with Gasteiger partial charge in [-0.25, -0.2) is 0 Å². The third-order valence-electron chi connectivity index (χ3n) is 3.74. The van der Waals surface area contributed by atoms with Crippen molar-refractivity contribution < 1.29 is 22.2 Å². The summed E-state index contributed by atoms with van der Waals surface area (Å²) < 4.78 is 43.8. The summed E-state index contributed by atoms with van der Waals surface area (Å²) in [5.41, 5.74) is 0.525. The van der Waals surface area contributed by atoms with Crippen molar-refractivity contribution in [2.45, 2.75) is 38.5 Å². The summed E-state index contributed by atoms with van der Waals surface area (Å²) in [4.78, 5) is 1.66. The normalized spacial score (nSPS) is 11.9. The van der Waals surface area contributed by atoms with Crippen LogP contribution in [0.1, 0.15) is 32.4 Å². The summed E-state index contributed by atoms with van der Waals surface area (Å²) in [6.45, 7) is 7.19. The minimum absolute atomic E-state index is 0.0494. The molecule has 0 saturated heterocycles. The van der Waals surface area contributed by atoms with Gasteiger partial charge in [0.15, 0.2) is 0 Å². The average Bonchev–Trinajstić information content (AvgIpc) is 3.03. The Balaban J connectivity index is 2.58. The second-order valence-electron chi connectivity index (χ2n) is 5.95. The van der Waals surface area contributed by atoms with Crippen LogP contribution in [0.3, 0.4) is 0 Å². The SMILES string of the molecule is CCCN(CCC)c1cc(S(=O)(=O)O)c(N=Nc2cc(C)on2)cc1OC. The third kappa shape index (κ3) is 5.27. The van der Waals surface area contributed by atoms with Gasteiger partial charge in [0.2, 0.25) is 5.82 Å². The fourth-order valence-corrected chi connectivity index (χ4v) is 3.26. The summed E-state index contributed by atoms with van der Waals surface area (Å²) in [5, 5.41) is 11.5. The van der Waals surface area contributed by atoms with Crippen LogP contribution in [0, 0.1) is 6.92 Å². The highest BCUT2D eigenvalue weighted by atomic mass is 32.2. The van der Waals surface area contributed by atoms with Crippen LogP contribution < -0.4 is 9.64 Å². The molecule has 0 unspecified atom stereocenters. The molecule has 1 aromatic carbocycles. The lowest BCUT2D eigenvalue weighted by atomic mass is 10.2. The number of azo groups is 1. The number of nitrogens with zero attached hydrogens (tertiary/aromatic N) is 4. The highest BCUT2D eigenvalue weighted by Gasteiger charge is 2.22. The Kier molecular flexibility index (Phi) is 6.92. The first-order valence-corrected chi connectivity index (χ1v) is 10.0. The van der Waals surface area contributed by atoms with Crippen molar-refractivity contribution in [3.63, 3.8) is 0 Å². The number of hydrogen-bond donors (Lipinski definition) is 1. The lowest BCUT2D eigenvalue weighted by Gasteiger charge is -2.26. The van der Waals surface area contributed by atoms with Crippen molar-refractivity contribution in [2.24, 2.45) is 10.2 Å². The van der Waals surface area contributed by atoms with Crippen molar-refractivity contribution in [1.82, 2.24) is 5.16 Å². The number of ether oxygens (including phenoxy) is 1. The quantitative estimate of drug-likeness (QED) is 0.496. The molecule has 0 radical (unpaired) electrons. The van der Waals surface area contributed by atoms with Gasteiger partial charge in [-0.05, 0) is 25.8 Å². The zero-order chi connectivity index (χ0) is 20.0. The van der Waals surface area contributed by atoms with Crippen LogP contribution in [0.25, 0.3) is 0 Å². The number of rotatable bonds is 9.